The van der Waals surface area contributed by atoms with Gasteiger partial charge in [-0.05, 0) is 12.1 Å². The number of rotatable bonds is 6. The Hall–Kier alpha value is -2.74. The average molecular weight is 376 g/mol. The van der Waals surface area contributed by atoms with Crippen LogP contribution >= 0.6 is 12.4 Å². The molecule has 136 valence electrons. The Bertz CT molecular complexity index is 906. The molecule has 2 aromatic carbocycles. The summed E-state index contributed by atoms with van der Waals surface area (Å²) in [5.74, 6) is 0. The molecule has 0 aliphatic heterocycles. The van der Waals surface area contributed by atoms with E-state index in [4.69, 9.17) is 5.11 Å². The summed E-state index contributed by atoms with van der Waals surface area (Å²) in [5.41, 5.74) is 2.80. The molecule has 0 unspecified atom stereocenters. The molecule has 0 amide bonds. The zero-order chi connectivity index (χ0) is 17.8. The predicted octanol–water partition coefficient (Wildman–Crippen LogP) is 3.00. The largest absolute Gasteiger partial charge is 0.394 e. The second-order valence-corrected chi connectivity index (χ2v) is 5.60. The van der Waals surface area contributed by atoms with Crippen LogP contribution in [0.5, 0.6) is 0 Å². The third-order valence-corrected chi connectivity index (χ3v) is 3.81. The Morgan fingerprint density at radius 2 is 1.88 bits per heavy atom. The molecule has 7 nitrogen and oxygen atoms in total. The van der Waals surface area contributed by atoms with Gasteiger partial charge in [0.2, 0.25) is 0 Å². The van der Waals surface area contributed by atoms with E-state index in [1.54, 1.807) is 12.1 Å². The first-order valence-corrected chi connectivity index (χ1v) is 7.76. The van der Waals surface area contributed by atoms with Crippen LogP contribution in [0.25, 0.3) is 22.2 Å². The summed E-state index contributed by atoms with van der Waals surface area (Å²) in [6, 6.07) is 15.8. The maximum atomic E-state index is 11.0. The van der Waals surface area contributed by atoms with Crippen molar-refractivity contribution in [2.45, 2.75) is 6.10 Å². The van der Waals surface area contributed by atoms with E-state index in [2.05, 4.69) is 10.3 Å². The molecule has 0 saturated carbocycles. The molecule has 8 heteroatoms. The molecule has 1 atom stereocenters. The quantitative estimate of drug-likeness (QED) is 0.451. The molecule has 0 saturated heterocycles. The fourth-order valence-electron chi connectivity index (χ4n) is 2.52. The van der Waals surface area contributed by atoms with Crippen molar-refractivity contribution < 1.29 is 15.1 Å². The lowest BCUT2D eigenvalue weighted by Gasteiger charge is -2.14. The van der Waals surface area contributed by atoms with Gasteiger partial charge in [0.15, 0.2) is 0 Å². The Balaban J connectivity index is 0.00000243. The molecule has 1 heterocycles. The van der Waals surface area contributed by atoms with Crippen LogP contribution in [-0.2, 0) is 0 Å². The van der Waals surface area contributed by atoms with E-state index in [0.717, 1.165) is 5.56 Å². The van der Waals surface area contributed by atoms with Crippen LogP contribution in [0.4, 0.5) is 11.4 Å². The molecular formula is C18H18ClN3O4. The van der Waals surface area contributed by atoms with Crippen molar-refractivity contribution >= 4 is 34.7 Å². The van der Waals surface area contributed by atoms with Crippen LogP contribution in [0.1, 0.15) is 0 Å². The Labute approximate surface area is 155 Å². The highest BCUT2D eigenvalue weighted by Crippen LogP contribution is 2.30. The molecule has 0 fully saturated rings. The number of aliphatic hydroxyl groups excluding tert-OH is 2. The number of hydrogen-bond acceptors (Lipinski definition) is 6. The zero-order valence-corrected chi connectivity index (χ0v) is 14.5. The fraction of sp³-hybridized carbons (Fsp3) is 0.167. The number of anilines is 1. The summed E-state index contributed by atoms with van der Waals surface area (Å²) < 4.78 is 0. The lowest BCUT2D eigenvalue weighted by molar-refractivity contribution is -0.384. The summed E-state index contributed by atoms with van der Waals surface area (Å²) in [5, 5.41) is 33.2. The number of aliphatic hydroxyl groups is 2. The van der Waals surface area contributed by atoms with Gasteiger partial charge in [0, 0.05) is 35.3 Å². The maximum absolute atomic E-state index is 11.0. The highest BCUT2D eigenvalue weighted by atomic mass is 35.5. The number of fused-ring (bicyclic) bond motifs is 1. The molecule has 3 aromatic rings. The molecule has 0 radical (unpaired) electrons. The first-order chi connectivity index (χ1) is 12.1. The topological polar surface area (TPSA) is 109 Å². The minimum absolute atomic E-state index is 0. The molecule has 0 spiro atoms. The second kappa shape index (κ2) is 8.57. The van der Waals surface area contributed by atoms with Gasteiger partial charge in [-0.15, -0.1) is 12.4 Å². The van der Waals surface area contributed by atoms with Gasteiger partial charge in [-0.3, -0.25) is 10.1 Å². The Kier molecular flexibility index (Phi) is 6.46. The van der Waals surface area contributed by atoms with Crippen molar-refractivity contribution in [2.24, 2.45) is 0 Å². The molecule has 26 heavy (non-hydrogen) atoms. The normalized spacial score (nSPS) is 11.6. The molecule has 1 aromatic heterocycles. The number of nitro groups is 1. The van der Waals surface area contributed by atoms with E-state index in [-0.39, 0.29) is 31.2 Å². The average Bonchev–Trinajstić information content (AvgIpc) is 2.65. The van der Waals surface area contributed by atoms with Gasteiger partial charge in [0.1, 0.15) is 0 Å². The summed E-state index contributed by atoms with van der Waals surface area (Å²) in [6.45, 7) is -0.256. The molecule has 0 bridgehead atoms. The van der Waals surface area contributed by atoms with Crippen LogP contribution in [0, 0.1) is 10.1 Å². The van der Waals surface area contributed by atoms with E-state index in [0.29, 0.717) is 22.3 Å². The van der Waals surface area contributed by atoms with Crippen molar-refractivity contribution in [1.29, 1.82) is 0 Å². The van der Waals surface area contributed by atoms with E-state index in [9.17, 15) is 15.2 Å². The van der Waals surface area contributed by atoms with Gasteiger partial charge in [-0.1, -0.05) is 30.3 Å². The van der Waals surface area contributed by atoms with E-state index in [1.807, 2.05) is 30.3 Å². The molecule has 3 N–H and O–H groups in total. The van der Waals surface area contributed by atoms with Gasteiger partial charge in [0.05, 0.1) is 28.8 Å². The highest BCUT2D eigenvalue weighted by Gasteiger charge is 2.13. The lowest BCUT2D eigenvalue weighted by atomic mass is 10.1. The second-order valence-electron chi connectivity index (χ2n) is 5.60. The molecule has 3 rings (SSSR count). The summed E-state index contributed by atoms with van der Waals surface area (Å²) in [6.07, 6.45) is -0.929. The van der Waals surface area contributed by atoms with E-state index in [1.165, 1.54) is 12.1 Å². The van der Waals surface area contributed by atoms with Crippen LogP contribution in [0.15, 0.2) is 54.6 Å². The summed E-state index contributed by atoms with van der Waals surface area (Å²) in [7, 11) is 0. The van der Waals surface area contributed by atoms with Crippen LogP contribution in [-0.4, -0.2) is 39.4 Å². The highest BCUT2D eigenvalue weighted by molar-refractivity contribution is 5.95. The smallest absolute Gasteiger partial charge is 0.270 e. The first kappa shape index (κ1) is 19.6. The molecule has 0 aliphatic carbocycles. The number of nitrogens with one attached hydrogen (secondary N) is 1. The number of pyridine rings is 1. The SMILES string of the molecule is Cl.O=[N+]([O-])c1ccc2nc(-c3ccccc3)cc(NC[C@H](O)CO)c2c1. The fourth-order valence-corrected chi connectivity index (χ4v) is 2.52. The van der Waals surface area contributed by atoms with E-state index < -0.39 is 11.0 Å². The number of non-ortho nitro benzene ring substituents is 1. The van der Waals surface area contributed by atoms with Crippen LogP contribution in [0.2, 0.25) is 0 Å². The van der Waals surface area contributed by atoms with Crippen LogP contribution in [0.3, 0.4) is 0 Å². The number of nitrogens with zero attached hydrogens (tertiary/aromatic N) is 2. The number of aromatic nitrogens is 1. The first-order valence-electron chi connectivity index (χ1n) is 7.76. The van der Waals surface area contributed by atoms with Crippen LogP contribution < -0.4 is 5.32 Å². The maximum Gasteiger partial charge on any atom is 0.270 e. The zero-order valence-electron chi connectivity index (χ0n) is 13.7. The molecular weight excluding hydrogens is 358 g/mol. The van der Waals surface area contributed by atoms with Gasteiger partial charge in [-0.25, -0.2) is 4.98 Å². The minimum atomic E-state index is -0.929. The van der Waals surface area contributed by atoms with E-state index >= 15 is 0 Å². The lowest BCUT2D eigenvalue weighted by Crippen LogP contribution is -2.23. The van der Waals surface area contributed by atoms with Gasteiger partial charge in [-0.2, -0.15) is 0 Å². The van der Waals surface area contributed by atoms with Gasteiger partial charge >= 0.3 is 0 Å². The van der Waals surface area contributed by atoms with Crippen molar-refractivity contribution in [1.82, 2.24) is 4.98 Å². The predicted molar refractivity (Wildman–Crippen MR) is 103 cm³/mol. The van der Waals surface area contributed by atoms with Crippen molar-refractivity contribution in [3.8, 4) is 11.3 Å². The van der Waals surface area contributed by atoms with Gasteiger partial charge in [0.25, 0.3) is 5.69 Å². The van der Waals surface area contributed by atoms with Crippen molar-refractivity contribution in [3.05, 3.63) is 64.7 Å². The Morgan fingerprint density at radius 1 is 1.15 bits per heavy atom. The van der Waals surface area contributed by atoms with Gasteiger partial charge < -0.3 is 15.5 Å². The number of nitro benzene ring substituents is 1. The molecule has 0 aliphatic rings. The minimum Gasteiger partial charge on any atom is -0.394 e. The third-order valence-electron chi connectivity index (χ3n) is 3.81. The summed E-state index contributed by atoms with van der Waals surface area (Å²) >= 11 is 0. The third kappa shape index (κ3) is 4.26. The van der Waals surface area contributed by atoms with Crippen molar-refractivity contribution in [2.75, 3.05) is 18.5 Å². The number of halogens is 1. The summed E-state index contributed by atoms with van der Waals surface area (Å²) in [4.78, 5) is 15.2. The monoisotopic (exact) mass is 375 g/mol. The standard InChI is InChI=1S/C18H17N3O4.ClH/c22-11-14(23)10-19-18-9-17(12-4-2-1-3-5-12)20-16-7-6-13(21(24)25)8-15(16)18;/h1-9,14,22-23H,10-11H2,(H,19,20);1H/t14-;/m0./s1. The Morgan fingerprint density at radius 3 is 2.54 bits per heavy atom. The number of hydrogen-bond donors (Lipinski definition) is 3. The number of benzene rings is 2. The van der Waals surface area contributed by atoms with Crippen molar-refractivity contribution in [3.63, 3.8) is 0 Å².